The van der Waals surface area contributed by atoms with Crippen molar-refractivity contribution < 1.29 is 13.2 Å². The molecule has 0 heterocycles. The van der Waals surface area contributed by atoms with E-state index in [4.69, 9.17) is 0 Å². The Balaban J connectivity index is 3.41. The van der Waals surface area contributed by atoms with Crippen molar-refractivity contribution in [1.29, 1.82) is 0 Å². The predicted molar refractivity (Wildman–Crippen MR) is 50.8 cm³/mol. The number of hydrogen-bond acceptors (Lipinski definition) is 3. The van der Waals surface area contributed by atoms with E-state index >= 15 is 0 Å². The number of carbonyl (C=O) groups excluding carboxylic acids is 1. The van der Waals surface area contributed by atoms with Crippen molar-refractivity contribution in [1.82, 2.24) is 10.0 Å². The van der Waals surface area contributed by atoms with Crippen LogP contribution >= 0.6 is 0 Å². The zero-order valence-corrected chi connectivity index (χ0v) is 8.78. The van der Waals surface area contributed by atoms with Gasteiger partial charge in [-0.3, -0.25) is 4.79 Å². The molecule has 0 saturated heterocycles. The minimum absolute atomic E-state index is 0.0437. The van der Waals surface area contributed by atoms with Gasteiger partial charge in [0.1, 0.15) is 0 Å². The molecule has 0 aliphatic carbocycles. The first-order chi connectivity index (χ1) is 5.95. The van der Waals surface area contributed by atoms with Crippen molar-refractivity contribution in [2.75, 3.05) is 19.3 Å². The molecule has 0 radical (unpaired) electrons. The summed E-state index contributed by atoms with van der Waals surface area (Å²) < 4.78 is 23.4. The van der Waals surface area contributed by atoms with Crippen molar-refractivity contribution in [2.45, 2.75) is 19.8 Å². The lowest BCUT2D eigenvalue weighted by Crippen LogP contribution is -2.33. The lowest BCUT2D eigenvalue weighted by Gasteiger charge is -2.04. The van der Waals surface area contributed by atoms with Gasteiger partial charge < -0.3 is 5.32 Å². The Bertz CT molecular complexity index is 248. The maximum atomic E-state index is 10.9. The Labute approximate surface area is 79.0 Å². The monoisotopic (exact) mass is 208 g/mol. The summed E-state index contributed by atoms with van der Waals surface area (Å²) in [7, 11) is -3.14. The lowest BCUT2D eigenvalue weighted by atomic mass is 10.3. The zero-order valence-electron chi connectivity index (χ0n) is 7.96. The van der Waals surface area contributed by atoms with E-state index in [1.165, 1.54) is 0 Å². The molecule has 0 spiro atoms. The number of carbonyl (C=O) groups is 1. The molecule has 0 unspecified atom stereocenters. The summed E-state index contributed by atoms with van der Waals surface area (Å²) in [5.74, 6) is -0.0437. The molecule has 0 atom stereocenters. The van der Waals surface area contributed by atoms with Gasteiger partial charge in [0, 0.05) is 19.5 Å². The van der Waals surface area contributed by atoms with Crippen molar-refractivity contribution in [3.63, 3.8) is 0 Å². The van der Waals surface area contributed by atoms with Gasteiger partial charge in [0.2, 0.25) is 15.9 Å². The smallest absolute Gasteiger partial charge is 0.220 e. The van der Waals surface area contributed by atoms with Crippen molar-refractivity contribution in [3.8, 4) is 0 Å². The zero-order chi connectivity index (χ0) is 10.3. The molecule has 0 bridgehead atoms. The maximum Gasteiger partial charge on any atom is 0.220 e. The highest BCUT2D eigenvalue weighted by Crippen LogP contribution is 1.84. The van der Waals surface area contributed by atoms with Crippen molar-refractivity contribution in [3.05, 3.63) is 0 Å². The highest BCUT2D eigenvalue weighted by atomic mass is 32.2. The third kappa shape index (κ3) is 9.29. The second-order valence-corrected chi connectivity index (χ2v) is 4.60. The molecule has 0 aliphatic rings. The summed E-state index contributed by atoms with van der Waals surface area (Å²) in [6.07, 6.45) is 2.37. The second kappa shape index (κ2) is 5.93. The molecule has 5 nitrogen and oxygen atoms in total. The number of nitrogens with one attached hydrogen (secondary N) is 2. The van der Waals surface area contributed by atoms with Gasteiger partial charge in [0.25, 0.3) is 0 Å². The summed E-state index contributed by atoms with van der Waals surface area (Å²) in [6, 6.07) is 0. The molecule has 0 rings (SSSR count). The molecular weight excluding hydrogens is 192 g/mol. The number of amides is 1. The maximum absolute atomic E-state index is 10.9. The Morgan fingerprint density at radius 2 is 1.92 bits per heavy atom. The number of rotatable bonds is 6. The van der Waals surface area contributed by atoms with Crippen LogP contribution in [0.25, 0.3) is 0 Å². The molecule has 78 valence electrons. The van der Waals surface area contributed by atoms with Gasteiger partial charge in [0.05, 0.1) is 6.26 Å². The second-order valence-electron chi connectivity index (χ2n) is 2.77. The first-order valence-corrected chi connectivity index (χ1v) is 6.06. The molecule has 1 amide bonds. The van der Waals surface area contributed by atoms with Crippen molar-refractivity contribution in [2.24, 2.45) is 0 Å². The number of hydrogen-bond donors (Lipinski definition) is 2. The quantitative estimate of drug-likeness (QED) is 0.575. The van der Waals surface area contributed by atoms with E-state index in [1.807, 2.05) is 6.92 Å². The van der Waals surface area contributed by atoms with Crippen LogP contribution in [-0.4, -0.2) is 33.7 Å². The average molecular weight is 208 g/mol. The average Bonchev–Trinajstić information content (AvgIpc) is 1.97. The minimum Gasteiger partial charge on any atom is -0.355 e. The molecule has 13 heavy (non-hydrogen) atoms. The molecule has 0 aromatic carbocycles. The van der Waals surface area contributed by atoms with Gasteiger partial charge in [-0.2, -0.15) is 0 Å². The van der Waals surface area contributed by atoms with Crippen LogP contribution in [-0.2, 0) is 14.8 Å². The van der Waals surface area contributed by atoms with Crippen LogP contribution in [0.4, 0.5) is 0 Å². The Hall–Kier alpha value is -0.620. The summed E-state index contributed by atoms with van der Waals surface area (Å²) >= 11 is 0. The molecule has 0 fully saturated rings. The molecule has 0 aliphatic heterocycles. The Kier molecular flexibility index (Phi) is 5.65. The van der Waals surface area contributed by atoms with E-state index in [9.17, 15) is 13.2 Å². The molecule has 0 aromatic rings. The van der Waals surface area contributed by atoms with Crippen LogP contribution in [0.3, 0.4) is 0 Å². The van der Waals surface area contributed by atoms with E-state index < -0.39 is 10.0 Å². The summed E-state index contributed by atoms with van der Waals surface area (Å²) in [5, 5.41) is 2.59. The standard InChI is InChI=1S/C7H16N2O3S/c1-3-4-7(10)8-5-6-9-13(2,11)12/h9H,3-6H2,1-2H3,(H,8,10). The highest BCUT2D eigenvalue weighted by molar-refractivity contribution is 7.88. The summed E-state index contributed by atoms with van der Waals surface area (Å²) in [4.78, 5) is 10.9. The molecule has 0 aromatic heterocycles. The SMILES string of the molecule is CCCC(=O)NCCNS(C)(=O)=O. The van der Waals surface area contributed by atoms with Crippen LogP contribution in [0.1, 0.15) is 19.8 Å². The first kappa shape index (κ1) is 12.4. The van der Waals surface area contributed by atoms with E-state index in [0.29, 0.717) is 13.0 Å². The van der Waals surface area contributed by atoms with Gasteiger partial charge in [-0.15, -0.1) is 0 Å². The lowest BCUT2D eigenvalue weighted by molar-refractivity contribution is -0.121. The van der Waals surface area contributed by atoms with Gasteiger partial charge in [-0.25, -0.2) is 13.1 Å². The Morgan fingerprint density at radius 1 is 1.31 bits per heavy atom. The van der Waals surface area contributed by atoms with Gasteiger partial charge >= 0.3 is 0 Å². The molecule has 0 saturated carbocycles. The molecule has 6 heteroatoms. The van der Waals surface area contributed by atoms with Crippen LogP contribution < -0.4 is 10.0 Å². The minimum atomic E-state index is -3.14. The van der Waals surface area contributed by atoms with Gasteiger partial charge in [0.15, 0.2) is 0 Å². The summed E-state index contributed by atoms with van der Waals surface area (Å²) in [6.45, 7) is 2.49. The first-order valence-electron chi connectivity index (χ1n) is 4.17. The number of sulfonamides is 1. The van der Waals surface area contributed by atoms with E-state index in [1.54, 1.807) is 0 Å². The van der Waals surface area contributed by atoms with Gasteiger partial charge in [-0.1, -0.05) is 6.92 Å². The third-order valence-electron chi connectivity index (χ3n) is 1.29. The highest BCUT2D eigenvalue weighted by Gasteiger charge is 2.00. The fourth-order valence-corrected chi connectivity index (χ4v) is 1.23. The Morgan fingerprint density at radius 3 is 2.38 bits per heavy atom. The normalized spacial score (nSPS) is 11.2. The third-order valence-corrected chi connectivity index (χ3v) is 2.02. The van der Waals surface area contributed by atoms with Crippen LogP contribution in [0.15, 0.2) is 0 Å². The summed E-state index contributed by atoms with van der Waals surface area (Å²) in [5.41, 5.74) is 0. The van der Waals surface area contributed by atoms with Gasteiger partial charge in [-0.05, 0) is 6.42 Å². The molecular formula is C7H16N2O3S. The van der Waals surface area contributed by atoms with E-state index in [0.717, 1.165) is 12.7 Å². The fraction of sp³-hybridized carbons (Fsp3) is 0.857. The van der Waals surface area contributed by atoms with Crippen LogP contribution in [0, 0.1) is 0 Å². The predicted octanol–water partition coefficient (Wildman–Crippen LogP) is -0.548. The van der Waals surface area contributed by atoms with Crippen LogP contribution in [0.2, 0.25) is 0 Å². The topological polar surface area (TPSA) is 75.3 Å². The van der Waals surface area contributed by atoms with Crippen molar-refractivity contribution >= 4 is 15.9 Å². The molecule has 2 N–H and O–H groups in total. The van der Waals surface area contributed by atoms with Crippen LogP contribution in [0.5, 0.6) is 0 Å². The largest absolute Gasteiger partial charge is 0.355 e. The fourth-order valence-electron chi connectivity index (χ4n) is 0.754. The van der Waals surface area contributed by atoms with E-state index in [2.05, 4.69) is 10.0 Å². The van der Waals surface area contributed by atoms with E-state index in [-0.39, 0.29) is 12.5 Å².